The molecule has 1 heterocycles. The van der Waals surface area contributed by atoms with Gasteiger partial charge in [0, 0.05) is 0 Å². The molecule has 4 nitrogen and oxygen atoms in total. The zero-order valence-corrected chi connectivity index (χ0v) is 6.99. The first kappa shape index (κ1) is 9.44. The van der Waals surface area contributed by atoms with Crippen LogP contribution in [0.1, 0.15) is 10.5 Å². The van der Waals surface area contributed by atoms with E-state index in [0.29, 0.717) is 0 Å². The largest absolute Gasteiger partial charge is 0.464 e. The molecule has 0 N–H and O–H groups in total. The van der Waals surface area contributed by atoms with Gasteiger partial charge in [0.05, 0.1) is 13.3 Å². The van der Waals surface area contributed by atoms with E-state index in [9.17, 15) is 9.18 Å². The first-order valence-electron chi connectivity index (χ1n) is 3.51. The molecule has 13 heavy (non-hydrogen) atoms. The van der Waals surface area contributed by atoms with Crippen molar-refractivity contribution in [3.05, 3.63) is 24.0 Å². The van der Waals surface area contributed by atoms with Gasteiger partial charge in [0.1, 0.15) is 11.4 Å². The van der Waals surface area contributed by atoms with Crippen LogP contribution >= 0.6 is 0 Å². The standard InChI is InChI=1S/C8H8FNO3/c1-12-8(11)7-3-2-6(4-10-7)13-5-9/h2-4H,5H2,1H3. The molecule has 0 bridgehead atoms. The Hall–Kier alpha value is -1.65. The van der Waals surface area contributed by atoms with E-state index in [1.807, 2.05) is 0 Å². The Kier molecular flexibility index (Phi) is 3.19. The molecule has 5 heteroatoms. The molecule has 0 radical (unpaired) electrons. The maximum absolute atomic E-state index is 11.7. The van der Waals surface area contributed by atoms with E-state index in [0.717, 1.165) is 0 Å². The van der Waals surface area contributed by atoms with Crippen LogP contribution in [0.5, 0.6) is 5.75 Å². The van der Waals surface area contributed by atoms with E-state index in [4.69, 9.17) is 0 Å². The van der Waals surface area contributed by atoms with Crippen LogP contribution < -0.4 is 4.74 Å². The number of nitrogens with zero attached hydrogens (tertiary/aromatic N) is 1. The summed E-state index contributed by atoms with van der Waals surface area (Å²) >= 11 is 0. The molecule has 0 aliphatic carbocycles. The summed E-state index contributed by atoms with van der Waals surface area (Å²) in [4.78, 5) is 14.6. The SMILES string of the molecule is COC(=O)c1ccc(OCF)cn1. The molecular weight excluding hydrogens is 177 g/mol. The Morgan fingerprint density at radius 3 is 2.85 bits per heavy atom. The van der Waals surface area contributed by atoms with Crippen molar-refractivity contribution in [1.82, 2.24) is 4.98 Å². The first-order chi connectivity index (χ1) is 6.27. The number of rotatable bonds is 3. The fraction of sp³-hybridized carbons (Fsp3) is 0.250. The molecular formula is C8H8FNO3. The monoisotopic (exact) mass is 185 g/mol. The highest BCUT2D eigenvalue weighted by atomic mass is 19.1. The third-order valence-electron chi connectivity index (χ3n) is 1.35. The number of pyridine rings is 1. The maximum Gasteiger partial charge on any atom is 0.356 e. The average Bonchev–Trinajstić information content (AvgIpc) is 2.18. The Balaban J connectivity index is 2.75. The predicted octanol–water partition coefficient (Wildman–Crippen LogP) is 1.17. The Labute approximate surface area is 74.3 Å². The van der Waals surface area contributed by atoms with Crippen LogP contribution in [0.25, 0.3) is 0 Å². The summed E-state index contributed by atoms with van der Waals surface area (Å²) in [5, 5.41) is 0. The van der Waals surface area contributed by atoms with E-state index in [1.54, 1.807) is 0 Å². The molecule has 1 rings (SSSR count). The molecule has 0 saturated heterocycles. The number of carbonyl (C=O) groups excluding carboxylic acids is 1. The molecule has 0 aliphatic heterocycles. The summed E-state index contributed by atoms with van der Waals surface area (Å²) in [6.07, 6.45) is 1.26. The van der Waals surface area contributed by atoms with E-state index < -0.39 is 12.8 Å². The van der Waals surface area contributed by atoms with Crippen molar-refractivity contribution in [2.24, 2.45) is 0 Å². The second-order valence-electron chi connectivity index (χ2n) is 2.12. The van der Waals surface area contributed by atoms with Crippen molar-refractivity contribution in [3.63, 3.8) is 0 Å². The third kappa shape index (κ3) is 2.40. The summed E-state index contributed by atoms with van der Waals surface area (Å²) < 4.78 is 20.6. The van der Waals surface area contributed by atoms with Crippen LogP contribution in [-0.4, -0.2) is 24.9 Å². The number of hydrogen-bond acceptors (Lipinski definition) is 4. The van der Waals surface area contributed by atoms with Gasteiger partial charge in [-0.15, -0.1) is 0 Å². The zero-order chi connectivity index (χ0) is 9.68. The lowest BCUT2D eigenvalue weighted by molar-refractivity contribution is 0.0594. The maximum atomic E-state index is 11.7. The first-order valence-corrected chi connectivity index (χ1v) is 3.51. The number of halogens is 1. The normalized spacial score (nSPS) is 9.38. The van der Waals surface area contributed by atoms with Crippen LogP contribution in [0.3, 0.4) is 0 Å². The highest BCUT2D eigenvalue weighted by Crippen LogP contribution is 2.09. The van der Waals surface area contributed by atoms with Crippen molar-refractivity contribution in [2.75, 3.05) is 14.0 Å². The van der Waals surface area contributed by atoms with E-state index in [-0.39, 0.29) is 11.4 Å². The smallest absolute Gasteiger partial charge is 0.356 e. The summed E-state index contributed by atoms with van der Waals surface area (Å²) in [6.45, 7) is -0.917. The highest BCUT2D eigenvalue weighted by Gasteiger charge is 2.05. The minimum absolute atomic E-state index is 0.161. The topological polar surface area (TPSA) is 48.4 Å². The molecule has 0 aromatic carbocycles. The molecule has 0 atom stereocenters. The van der Waals surface area contributed by atoms with E-state index >= 15 is 0 Å². The van der Waals surface area contributed by atoms with Gasteiger partial charge >= 0.3 is 5.97 Å². The Bertz CT molecular complexity index is 286. The molecule has 1 aromatic heterocycles. The van der Waals surface area contributed by atoms with Gasteiger partial charge in [0.15, 0.2) is 0 Å². The third-order valence-corrected chi connectivity index (χ3v) is 1.35. The number of aromatic nitrogens is 1. The van der Waals surface area contributed by atoms with Gasteiger partial charge in [0.2, 0.25) is 6.86 Å². The van der Waals surface area contributed by atoms with Gasteiger partial charge in [-0.3, -0.25) is 0 Å². The predicted molar refractivity (Wildman–Crippen MR) is 42.2 cm³/mol. The van der Waals surface area contributed by atoms with Gasteiger partial charge in [0.25, 0.3) is 0 Å². The molecule has 0 fully saturated rings. The summed E-state index contributed by atoms with van der Waals surface area (Å²) in [5.74, 6) is -0.262. The van der Waals surface area contributed by atoms with Crippen LogP contribution in [-0.2, 0) is 4.74 Å². The second-order valence-corrected chi connectivity index (χ2v) is 2.12. The average molecular weight is 185 g/mol. The number of carbonyl (C=O) groups is 1. The molecule has 0 saturated carbocycles. The van der Waals surface area contributed by atoms with Crippen molar-refractivity contribution in [1.29, 1.82) is 0 Å². The van der Waals surface area contributed by atoms with Gasteiger partial charge in [-0.1, -0.05) is 0 Å². The number of esters is 1. The Morgan fingerprint density at radius 2 is 2.38 bits per heavy atom. The lowest BCUT2D eigenvalue weighted by Crippen LogP contribution is -2.03. The number of hydrogen-bond donors (Lipinski definition) is 0. The molecule has 0 unspecified atom stereocenters. The van der Waals surface area contributed by atoms with Crippen LogP contribution in [0.2, 0.25) is 0 Å². The van der Waals surface area contributed by atoms with Crippen molar-refractivity contribution in [2.45, 2.75) is 0 Å². The Morgan fingerprint density at radius 1 is 1.62 bits per heavy atom. The van der Waals surface area contributed by atoms with Crippen molar-refractivity contribution in [3.8, 4) is 5.75 Å². The number of methoxy groups -OCH3 is 1. The van der Waals surface area contributed by atoms with Gasteiger partial charge < -0.3 is 9.47 Å². The van der Waals surface area contributed by atoms with Crippen molar-refractivity contribution < 1.29 is 18.7 Å². The summed E-state index contributed by atoms with van der Waals surface area (Å²) in [6, 6.07) is 2.84. The van der Waals surface area contributed by atoms with Gasteiger partial charge in [-0.05, 0) is 12.1 Å². The minimum Gasteiger partial charge on any atom is -0.464 e. The highest BCUT2D eigenvalue weighted by molar-refractivity contribution is 5.87. The lowest BCUT2D eigenvalue weighted by atomic mass is 10.3. The quantitative estimate of drug-likeness (QED) is 0.663. The lowest BCUT2D eigenvalue weighted by Gasteiger charge is -2.00. The van der Waals surface area contributed by atoms with E-state index in [1.165, 1.54) is 25.4 Å². The molecule has 70 valence electrons. The van der Waals surface area contributed by atoms with Crippen LogP contribution in [0.15, 0.2) is 18.3 Å². The molecule has 0 amide bonds. The fourth-order valence-corrected chi connectivity index (χ4v) is 0.754. The molecule has 1 aromatic rings. The molecule has 0 spiro atoms. The van der Waals surface area contributed by atoms with Crippen LogP contribution in [0.4, 0.5) is 4.39 Å². The fourth-order valence-electron chi connectivity index (χ4n) is 0.754. The second kappa shape index (κ2) is 4.39. The summed E-state index contributed by atoms with van der Waals surface area (Å²) in [7, 11) is 1.26. The minimum atomic E-state index is -0.917. The van der Waals surface area contributed by atoms with Crippen LogP contribution in [0, 0.1) is 0 Å². The van der Waals surface area contributed by atoms with Gasteiger partial charge in [-0.2, -0.15) is 0 Å². The summed E-state index contributed by atoms with van der Waals surface area (Å²) in [5.41, 5.74) is 0.161. The van der Waals surface area contributed by atoms with Gasteiger partial charge in [-0.25, -0.2) is 14.2 Å². The number of alkyl halides is 1. The zero-order valence-electron chi connectivity index (χ0n) is 6.99. The molecule has 0 aliphatic rings. The van der Waals surface area contributed by atoms with E-state index in [2.05, 4.69) is 14.5 Å². The number of ether oxygens (including phenoxy) is 2. The van der Waals surface area contributed by atoms with Crippen molar-refractivity contribution >= 4 is 5.97 Å².